The number of nitrogens with one attached hydrogen (secondary N) is 3. The summed E-state index contributed by atoms with van der Waals surface area (Å²) >= 11 is 0. The standard InChI is InChI=1S/C22H26N8O2/c1-12(2)29-11-14(13-5-4-8-24-20(13)29)16-9-19(23-3)30-21(26-16)17(10-25-30)28-22(32)27-15-6-7-18(15)31/h4-5,8-12,15,18,23,31H,6-7H2,1-3H3,(H2,27,28,32)/t15-,18+/m0/s1. The Morgan fingerprint density at radius 3 is 2.81 bits per heavy atom. The fourth-order valence-corrected chi connectivity index (χ4v) is 4.03. The first-order valence-electron chi connectivity index (χ1n) is 10.7. The Hall–Kier alpha value is -3.66. The summed E-state index contributed by atoms with van der Waals surface area (Å²) in [6.45, 7) is 4.23. The number of aliphatic hydroxyl groups is 1. The molecular formula is C22H26N8O2. The number of amides is 2. The van der Waals surface area contributed by atoms with Crippen molar-refractivity contribution in [2.45, 2.75) is 44.9 Å². The van der Waals surface area contributed by atoms with Gasteiger partial charge in [0.1, 0.15) is 17.2 Å². The molecule has 5 rings (SSSR count). The number of rotatable bonds is 5. The second-order valence-corrected chi connectivity index (χ2v) is 8.34. The van der Waals surface area contributed by atoms with Gasteiger partial charge in [0, 0.05) is 42.5 Å². The molecule has 0 radical (unpaired) electrons. The van der Waals surface area contributed by atoms with Crippen LogP contribution >= 0.6 is 0 Å². The molecule has 0 unspecified atom stereocenters. The lowest BCUT2D eigenvalue weighted by Crippen LogP contribution is -2.51. The molecule has 0 aromatic carbocycles. The molecule has 0 saturated heterocycles. The van der Waals surface area contributed by atoms with Gasteiger partial charge >= 0.3 is 6.03 Å². The van der Waals surface area contributed by atoms with Gasteiger partial charge in [-0.05, 0) is 38.8 Å². The van der Waals surface area contributed by atoms with Crippen LogP contribution in [0.2, 0.25) is 0 Å². The van der Waals surface area contributed by atoms with Crippen LogP contribution in [-0.2, 0) is 0 Å². The quantitative estimate of drug-likeness (QED) is 0.383. The van der Waals surface area contributed by atoms with Crippen molar-refractivity contribution in [2.75, 3.05) is 17.7 Å². The highest BCUT2D eigenvalue weighted by Crippen LogP contribution is 2.33. The summed E-state index contributed by atoms with van der Waals surface area (Å²) in [4.78, 5) is 21.8. The smallest absolute Gasteiger partial charge is 0.319 e. The number of carbonyl (C=O) groups excluding carboxylic acids is 1. The molecule has 1 aliphatic carbocycles. The van der Waals surface area contributed by atoms with Gasteiger partial charge in [-0.25, -0.2) is 14.8 Å². The number of aromatic nitrogens is 5. The van der Waals surface area contributed by atoms with Crippen LogP contribution in [-0.4, -0.2) is 54.5 Å². The molecule has 4 N–H and O–H groups in total. The van der Waals surface area contributed by atoms with E-state index in [-0.39, 0.29) is 18.1 Å². The summed E-state index contributed by atoms with van der Waals surface area (Å²) in [6.07, 6.45) is 6.41. The number of pyridine rings is 1. The zero-order valence-corrected chi connectivity index (χ0v) is 18.2. The van der Waals surface area contributed by atoms with Crippen LogP contribution in [0.25, 0.3) is 27.9 Å². The molecule has 1 fully saturated rings. The first-order chi connectivity index (χ1) is 15.5. The maximum atomic E-state index is 12.4. The van der Waals surface area contributed by atoms with E-state index in [1.54, 1.807) is 16.9 Å². The molecule has 1 aliphatic rings. The minimum atomic E-state index is -0.489. The normalized spacial score (nSPS) is 18.2. The third-order valence-corrected chi connectivity index (χ3v) is 5.95. The van der Waals surface area contributed by atoms with Crippen LogP contribution in [0.3, 0.4) is 0 Å². The van der Waals surface area contributed by atoms with E-state index >= 15 is 0 Å². The highest BCUT2D eigenvalue weighted by Gasteiger charge is 2.30. The van der Waals surface area contributed by atoms with Crippen molar-refractivity contribution in [3.05, 3.63) is 36.8 Å². The predicted octanol–water partition coefficient (Wildman–Crippen LogP) is 3.01. The highest BCUT2D eigenvalue weighted by atomic mass is 16.3. The number of aliphatic hydroxyl groups excluding tert-OH is 1. The van der Waals surface area contributed by atoms with Gasteiger partial charge in [-0.15, -0.1) is 0 Å². The minimum absolute atomic E-state index is 0.220. The van der Waals surface area contributed by atoms with Gasteiger partial charge in [-0.2, -0.15) is 9.61 Å². The molecule has 166 valence electrons. The van der Waals surface area contributed by atoms with Crippen LogP contribution in [0.15, 0.2) is 36.8 Å². The van der Waals surface area contributed by atoms with Gasteiger partial charge in [0.2, 0.25) is 0 Å². The summed E-state index contributed by atoms with van der Waals surface area (Å²) in [5, 5.41) is 23.9. The molecule has 10 nitrogen and oxygen atoms in total. The summed E-state index contributed by atoms with van der Waals surface area (Å²) < 4.78 is 3.78. The first kappa shape index (κ1) is 20.3. The summed E-state index contributed by atoms with van der Waals surface area (Å²) in [7, 11) is 1.82. The van der Waals surface area contributed by atoms with Crippen molar-refractivity contribution >= 4 is 34.2 Å². The van der Waals surface area contributed by atoms with Gasteiger partial charge in [-0.1, -0.05) is 0 Å². The lowest BCUT2D eigenvalue weighted by Gasteiger charge is -2.32. The SMILES string of the molecule is CNc1cc(-c2cn(C(C)C)c3ncccc23)nc2c(NC(=O)N[C@H]3CC[C@H]3O)cnn12. The Balaban J connectivity index is 1.57. The number of anilines is 2. The number of hydrogen-bond acceptors (Lipinski definition) is 6. The van der Waals surface area contributed by atoms with Crippen LogP contribution < -0.4 is 16.0 Å². The van der Waals surface area contributed by atoms with E-state index in [0.717, 1.165) is 34.5 Å². The number of urea groups is 1. The van der Waals surface area contributed by atoms with Gasteiger partial charge in [-0.3, -0.25) is 0 Å². The number of hydrogen-bond donors (Lipinski definition) is 4. The predicted molar refractivity (Wildman–Crippen MR) is 123 cm³/mol. The van der Waals surface area contributed by atoms with Crippen molar-refractivity contribution in [2.24, 2.45) is 0 Å². The van der Waals surface area contributed by atoms with Crippen molar-refractivity contribution in [1.82, 2.24) is 29.5 Å². The van der Waals surface area contributed by atoms with E-state index in [4.69, 9.17) is 4.98 Å². The molecule has 32 heavy (non-hydrogen) atoms. The van der Waals surface area contributed by atoms with Gasteiger partial charge in [0.05, 0.1) is 24.0 Å². The Bertz CT molecular complexity index is 1310. The summed E-state index contributed by atoms with van der Waals surface area (Å²) in [5.41, 5.74) is 3.61. The Morgan fingerprint density at radius 1 is 1.28 bits per heavy atom. The van der Waals surface area contributed by atoms with Gasteiger partial charge in [0.15, 0.2) is 5.65 Å². The Kier molecular flexibility index (Phi) is 4.93. The Morgan fingerprint density at radius 2 is 2.12 bits per heavy atom. The highest BCUT2D eigenvalue weighted by molar-refractivity contribution is 5.96. The molecule has 0 spiro atoms. The fraction of sp³-hybridized carbons (Fsp3) is 0.364. The fourth-order valence-electron chi connectivity index (χ4n) is 4.03. The maximum absolute atomic E-state index is 12.4. The van der Waals surface area contributed by atoms with Crippen LogP contribution in [0.4, 0.5) is 16.3 Å². The molecule has 1 saturated carbocycles. The lowest BCUT2D eigenvalue weighted by molar-refractivity contribution is 0.0559. The van der Waals surface area contributed by atoms with Crippen LogP contribution in [0.5, 0.6) is 0 Å². The van der Waals surface area contributed by atoms with Gasteiger partial charge < -0.3 is 25.6 Å². The topological polar surface area (TPSA) is 121 Å². The molecule has 0 aliphatic heterocycles. The van der Waals surface area contributed by atoms with Crippen molar-refractivity contribution in [3.63, 3.8) is 0 Å². The number of carbonyl (C=O) groups is 1. The second-order valence-electron chi connectivity index (χ2n) is 8.34. The molecule has 4 aromatic rings. The average molecular weight is 435 g/mol. The van der Waals surface area contributed by atoms with Crippen LogP contribution in [0.1, 0.15) is 32.7 Å². The van der Waals surface area contributed by atoms with Gasteiger partial charge in [0.25, 0.3) is 0 Å². The van der Waals surface area contributed by atoms with Crippen LogP contribution in [0, 0.1) is 0 Å². The van der Waals surface area contributed by atoms with Crippen molar-refractivity contribution < 1.29 is 9.90 Å². The minimum Gasteiger partial charge on any atom is -0.391 e. The number of fused-ring (bicyclic) bond motifs is 2. The molecule has 2 amide bonds. The monoisotopic (exact) mass is 434 g/mol. The molecule has 2 atom stereocenters. The maximum Gasteiger partial charge on any atom is 0.319 e. The molecule has 10 heteroatoms. The third-order valence-electron chi connectivity index (χ3n) is 5.95. The van der Waals surface area contributed by atoms with E-state index < -0.39 is 6.10 Å². The Labute approximate surface area is 184 Å². The summed E-state index contributed by atoms with van der Waals surface area (Å²) in [5.74, 6) is 0.738. The van der Waals surface area contributed by atoms with Crippen molar-refractivity contribution in [3.8, 4) is 11.3 Å². The largest absolute Gasteiger partial charge is 0.391 e. The molecule has 0 bridgehead atoms. The zero-order valence-electron chi connectivity index (χ0n) is 18.2. The van der Waals surface area contributed by atoms with E-state index in [0.29, 0.717) is 17.8 Å². The molecule has 4 aromatic heterocycles. The molecule has 4 heterocycles. The summed E-state index contributed by atoms with van der Waals surface area (Å²) in [6, 6.07) is 5.52. The second kappa shape index (κ2) is 7.79. The van der Waals surface area contributed by atoms with E-state index in [1.807, 2.05) is 25.2 Å². The van der Waals surface area contributed by atoms with Crippen molar-refractivity contribution in [1.29, 1.82) is 0 Å². The van der Waals surface area contributed by atoms with E-state index in [2.05, 4.69) is 50.6 Å². The third kappa shape index (κ3) is 3.32. The first-order valence-corrected chi connectivity index (χ1v) is 10.7. The van der Waals surface area contributed by atoms with E-state index in [9.17, 15) is 9.90 Å². The molecular weight excluding hydrogens is 408 g/mol. The van der Waals surface area contributed by atoms with E-state index in [1.165, 1.54) is 0 Å². The number of nitrogens with zero attached hydrogens (tertiary/aromatic N) is 5. The lowest BCUT2D eigenvalue weighted by atomic mass is 9.89. The average Bonchev–Trinajstić information content (AvgIpc) is 3.37. The zero-order chi connectivity index (χ0) is 22.4.